The van der Waals surface area contributed by atoms with Crippen molar-refractivity contribution in [1.29, 1.82) is 0 Å². The van der Waals surface area contributed by atoms with Crippen molar-refractivity contribution in [2.45, 2.75) is 69.8 Å². The van der Waals surface area contributed by atoms with Gasteiger partial charge in [0.25, 0.3) is 0 Å². The predicted octanol–water partition coefficient (Wildman–Crippen LogP) is 2.21. The molecule has 3 nitrogen and oxygen atoms in total. The van der Waals surface area contributed by atoms with Gasteiger partial charge in [-0.3, -0.25) is 0 Å². The lowest BCUT2D eigenvalue weighted by atomic mass is 9.74. The van der Waals surface area contributed by atoms with E-state index < -0.39 is 5.60 Å². The second-order valence-corrected chi connectivity index (χ2v) is 6.61. The van der Waals surface area contributed by atoms with Gasteiger partial charge in [0.1, 0.15) is 0 Å². The first-order valence-electron chi connectivity index (χ1n) is 7.72. The molecule has 0 saturated heterocycles. The first kappa shape index (κ1) is 14.3. The summed E-state index contributed by atoms with van der Waals surface area (Å²) in [5, 5.41) is 23.5. The predicted molar refractivity (Wildman–Crippen MR) is 73.5 cm³/mol. The van der Waals surface area contributed by atoms with E-state index in [1.54, 1.807) is 0 Å². The van der Waals surface area contributed by atoms with E-state index in [1.165, 1.54) is 25.7 Å². The number of aliphatic hydroxyl groups excluding tert-OH is 1. The van der Waals surface area contributed by atoms with Crippen LogP contribution in [0.1, 0.15) is 64.2 Å². The van der Waals surface area contributed by atoms with E-state index in [0.29, 0.717) is 13.2 Å². The minimum Gasteiger partial charge on any atom is -0.396 e. The van der Waals surface area contributed by atoms with Crippen LogP contribution in [0.15, 0.2) is 0 Å². The van der Waals surface area contributed by atoms with Gasteiger partial charge in [0.05, 0.1) is 5.60 Å². The minimum absolute atomic E-state index is 0.0866. The molecule has 0 heterocycles. The molecular weight excluding hydrogens is 226 g/mol. The molecule has 2 rings (SSSR count). The Morgan fingerprint density at radius 1 is 0.778 bits per heavy atom. The molecule has 2 aliphatic carbocycles. The molecule has 3 heteroatoms. The largest absolute Gasteiger partial charge is 0.396 e. The van der Waals surface area contributed by atoms with E-state index in [4.69, 9.17) is 0 Å². The SMILES string of the molecule is OCC1(CNCC2(O)CCCCC2)CCCCC1. The summed E-state index contributed by atoms with van der Waals surface area (Å²) in [6.07, 6.45) is 11.5. The maximum absolute atomic E-state index is 10.4. The molecule has 0 atom stereocenters. The van der Waals surface area contributed by atoms with Crippen LogP contribution < -0.4 is 5.32 Å². The van der Waals surface area contributed by atoms with Crippen molar-refractivity contribution in [2.75, 3.05) is 19.7 Å². The van der Waals surface area contributed by atoms with Crippen LogP contribution in [-0.2, 0) is 0 Å². The fourth-order valence-electron chi connectivity index (χ4n) is 3.64. The average Bonchev–Trinajstić information content (AvgIpc) is 2.40. The third-order valence-corrected chi connectivity index (χ3v) is 4.99. The van der Waals surface area contributed by atoms with E-state index in [2.05, 4.69) is 5.32 Å². The second kappa shape index (κ2) is 6.36. The minimum atomic E-state index is -0.483. The van der Waals surface area contributed by atoms with Crippen LogP contribution in [0.4, 0.5) is 0 Å². The van der Waals surface area contributed by atoms with Crippen LogP contribution in [0.2, 0.25) is 0 Å². The Bertz CT molecular complexity index is 243. The van der Waals surface area contributed by atoms with Gasteiger partial charge in [0.2, 0.25) is 0 Å². The fourth-order valence-corrected chi connectivity index (χ4v) is 3.64. The Kier molecular flexibility index (Phi) is 5.05. The second-order valence-electron chi connectivity index (χ2n) is 6.61. The van der Waals surface area contributed by atoms with Gasteiger partial charge in [-0.2, -0.15) is 0 Å². The molecule has 0 unspecified atom stereocenters. The zero-order valence-electron chi connectivity index (χ0n) is 11.6. The summed E-state index contributed by atoms with van der Waals surface area (Å²) in [5.74, 6) is 0. The molecule has 0 radical (unpaired) electrons. The van der Waals surface area contributed by atoms with E-state index in [-0.39, 0.29) is 5.41 Å². The summed E-state index contributed by atoms with van der Waals surface area (Å²) in [6.45, 7) is 1.86. The Balaban J connectivity index is 1.75. The molecule has 2 fully saturated rings. The first-order chi connectivity index (χ1) is 8.68. The highest BCUT2D eigenvalue weighted by Gasteiger charge is 2.33. The quantitative estimate of drug-likeness (QED) is 0.706. The van der Waals surface area contributed by atoms with Gasteiger partial charge in [0.15, 0.2) is 0 Å². The van der Waals surface area contributed by atoms with Crippen molar-refractivity contribution in [3.63, 3.8) is 0 Å². The van der Waals surface area contributed by atoms with Crippen molar-refractivity contribution < 1.29 is 10.2 Å². The third-order valence-electron chi connectivity index (χ3n) is 4.99. The Hall–Kier alpha value is -0.120. The van der Waals surface area contributed by atoms with Crippen LogP contribution in [-0.4, -0.2) is 35.5 Å². The van der Waals surface area contributed by atoms with Gasteiger partial charge >= 0.3 is 0 Å². The number of hydrogen-bond acceptors (Lipinski definition) is 3. The van der Waals surface area contributed by atoms with Crippen molar-refractivity contribution in [1.82, 2.24) is 5.32 Å². The maximum atomic E-state index is 10.4. The summed E-state index contributed by atoms with van der Waals surface area (Å²) >= 11 is 0. The number of aliphatic hydroxyl groups is 2. The average molecular weight is 255 g/mol. The molecule has 0 aromatic heterocycles. The van der Waals surface area contributed by atoms with Gasteiger partial charge in [-0.05, 0) is 25.7 Å². The van der Waals surface area contributed by atoms with Crippen LogP contribution in [0.5, 0.6) is 0 Å². The Morgan fingerprint density at radius 3 is 1.89 bits per heavy atom. The zero-order chi connectivity index (χ0) is 12.9. The van der Waals surface area contributed by atoms with Gasteiger partial charge in [-0.15, -0.1) is 0 Å². The van der Waals surface area contributed by atoms with E-state index in [9.17, 15) is 10.2 Å². The highest BCUT2D eigenvalue weighted by atomic mass is 16.3. The Labute approximate surface area is 111 Å². The Morgan fingerprint density at radius 2 is 1.33 bits per heavy atom. The summed E-state index contributed by atoms with van der Waals surface area (Å²) in [5.41, 5.74) is -0.396. The molecule has 0 amide bonds. The number of rotatable bonds is 5. The fraction of sp³-hybridized carbons (Fsp3) is 1.00. The number of nitrogens with one attached hydrogen (secondary N) is 1. The van der Waals surface area contributed by atoms with Gasteiger partial charge in [-0.1, -0.05) is 38.5 Å². The molecule has 0 spiro atoms. The van der Waals surface area contributed by atoms with Crippen LogP contribution in [0.3, 0.4) is 0 Å². The summed E-state index contributed by atoms with van der Waals surface area (Å²) in [6, 6.07) is 0. The highest BCUT2D eigenvalue weighted by molar-refractivity contribution is 4.88. The van der Waals surface area contributed by atoms with E-state index in [0.717, 1.165) is 45.1 Å². The maximum Gasteiger partial charge on any atom is 0.0771 e. The van der Waals surface area contributed by atoms with Gasteiger partial charge in [0, 0.05) is 25.1 Å². The molecule has 106 valence electrons. The van der Waals surface area contributed by atoms with Crippen molar-refractivity contribution in [3.05, 3.63) is 0 Å². The topological polar surface area (TPSA) is 52.5 Å². The first-order valence-corrected chi connectivity index (χ1v) is 7.72. The zero-order valence-corrected chi connectivity index (χ0v) is 11.6. The van der Waals surface area contributed by atoms with Gasteiger partial charge in [-0.25, -0.2) is 0 Å². The molecule has 0 bridgehead atoms. The third kappa shape index (κ3) is 3.69. The summed E-state index contributed by atoms with van der Waals surface area (Å²) in [7, 11) is 0. The monoisotopic (exact) mass is 255 g/mol. The van der Waals surface area contributed by atoms with Crippen LogP contribution in [0, 0.1) is 5.41 Å². The normalized spacial score (nSPS) is 27.0. The molecule has 0 aromatic carbocycles. The summed E-state index contributed by atoms with van der Waals surface area (Å²) in [4.78, 5) is 0. The molecule has 18 heavy (non-hydrogen) atoms. The molecule has 3 N–H and O–H groups in total. The molecular formula is C15H29NO2. The molecule has 2 aliphatic rings. The number of hydrogen-bond donors (Lipinski definition) is 3. The lowest BCUT2D eigenvalue weighted by molar-refractivity contribution is -0.00137. The molecule has 2 saturated carbocycles. The summed E-state index contributed by atoms with van der Waals surface area (Å²) < 4.78 is 0. The lowest BCUT2D eigenvalue weighted by Crippen LogP contribution is -2.47. The lowest BCUT2D eigenvalue weighted by Gasteiger charge is -2.38. The van der Waals surface area contributed by atoms with E-state index >= 15 is 0 Å². The van der Waals surface area contributed by atoms with Crippen molar-refractivity contribution in [3.8, 4) is 0 Å². The van der Waals surface area contributed by atoms with Crippen LogP contribution in [0.25, 0.3) is 0 Å². The standard InChI is InChI=1S/C15H29NO2/c17-13-14(7-3-1-4-8-14)11-16-12-15(18)9-5-2-6-10-15/h16-18H,1-13H2. The smallest absolute Gasteiger partial charge is 0.0771 e. The van der Waals surface area contributed by atoms with E-state index in [1.807, 2.05) is 0 Å². The molecule has 0 aliphatic heterocycles. The van der Waals surface area contributed by atoms with Gasteiger partial charge < -0.3 is 15.5 Å². The van der Waals surface area contributed by atoms with Crippen molar-refractivity contribution >= 4 is 0 Å². The van der Waals surface area contributed by atoms with Crippen LogP contribution >= 0.6 is 0 Å². The van der Waals surface area contributed by atoms with Crippen molar-refractivity contribution in [2.24, 2.45) is 5.41 Å². The highest BCUT2D eigenvalue weighted by Crippen LogP contribution is 2.35. The molecule has 0 aromatic rings.